The molecule has 0 spiro atoms. The van der Waals surface area contributed by atoms with Gasteiger partial charge in [0.15, 0.2) is 0 Å². The Morgan fingerprint density at radius 3 is 0.500 bits per heavy atom. The highest BCUT2D eigenvalue weighted by atomic mass is 15.2. The van der Waals surface area contributed by atoms with Crippen LogP contribution >= 0.6 is 0 Å². The molecule has 0 amide bonds. The zero-order valence-electron chi connectivity index (χ0n) is 30.5. The molecule has 0 fully saturated rings. The highest BCUT2D eigenvalue weighted by Gasteiger charge is 2.16. The second-order valence-electron chi connectivity index (χ2n) is 13.4. The number of hydrogen-bond donors (Lipinski definition) is 0. The van der Waals surface area contributed by atoms with Gasteiger partial charge in [0, 0.05) is 113 Å². The quantitative estimate of drug-likeness (QED) is 0.137. The van der Waals surface area contributed by atoms with E-state index in [4.69, 9.17) is 0 Å². The van der Waals surface area contributed by atoms with Crippen LogP contribution in [0.5, 0.6) is 0 Å². The van der Waals surface area contributed by atoms with Gasteiger partial charge in [0.2, 0.25) is 0 Å². The maximum Gasteiger partial charge on any atom is 0.0463 e. The Bertz CT molecular complexity index is 1710. The van der Waals surface area contributed by atoms with E-state index in [0.29, 0.717) is 0 Å². The molecule has 254 valence electrons. The molecule has 0 aliphatic carbocycles. The molecule has 0 N–H and O–H groups in total. The van der Waals surface area contributed by atoms with E-state index in [1.54, 1.807) is 0 Å². The molecule has 0 heterocycles. The van der Waals surface area contributed by atoms with Crippen LogP contribution in [0, 0.1) is 0 Å². The summed E-state index contributed by atoms with van der Waals surface area (Å²) in [6, 6.07) is 52.6. The summed E-state index contributed by atoms with van der Waals surface area (Å²) >= 11 is 0. The Labute approximate surface area is 298 Å². The van der Waals surface area contributed by atoms with E-state index in [0.717, 1.165) is 34.1 Å². The predicted octanol–water partition coefficient (Wildman–Crippen LogP) is 10.6. The van der Waals surface area contributed by atoms with Gasteiger partial charge in [-0.1, -0.05) is 24.3 Å². The first kappa shape index (κ1) is 34.0. The van der Waals surface area contributed by atoms with Gasteiger partial charge >= 0.3 is 0 Å². The fraction of sp³-hybridized carbons (Fsp3) is 0.182. The Hall–Kier alpha value is -5.88. The van der Waals surface area contributed by atoms with Crippen molar-refractivity contribution in [1.29, 1.82) is 0 Å². The third kappa shape index (κ3) is 7.40. The molecule has 0 saturated heterocycles. The average molecular weight is 661 g/mol. The number of hydrogen-bond acceptors (Lipinski definition) is 6. The van der Waals surface area contributed by atoms with E-state index < -0.39 is 0 Å². The summed E-state index contributed by atoms with van der Waals surface area (Å²) < 4.78 is 0. The zero-order valence-corrected chi connectivity index (χ0v) is 30.5. The lowest BCUT2D eigenvalue weighted by molar-refractivity contribution is 1.13. The molecule has 6 rings (SSSR count). The molecular weight excluding hydrogens is 613 g/mol. The van der Waals surface area contributed by atoms with Gasteiger partial charge in [-0.05, 0) is 132 Å². The maximum atomic E-state index is 2.31. The normalized spacial score (nSPS) is 10.8. The Kier molecular flexibility index (Phi) is 10.0. The summed E-state index contributed by atoms with van der Waals surface area (Å²) in [6.07, 6.45) is 0. The highest BCUT2D eigenvalue weighted by Crippen LogP contribution is 2.39. The van der Waals surface area contributed by atoms with Crippen LogP contribution in [0.4, 0.5) is 56.9 Å². The molecule has 6 aromatic carbocycles. The van der Waals surface area contributed by atoms with E-state index in [1.807, 2.05) is 0 Å². The highest BCUT2D eigenvalue weighted by molar-refractivity contribution is 5.82. The summed E-state index contributed by atoms with van der Waals surface area (Å²) in [6.45, 7) is 0. The number of nitrogens with zero attached hydrogens (tertiary/aromatic N) is 6. The molecule has 6 aromatic rings. The van der Waals surface area contributed by atoms with Gasteiger partial charge in [-0.2, -0.15) is 0 Å². The van der Waals surface area contributed by atoms with Gasteiger partial charge in [-0.15, -0.1) is 0 Å². The minimum atomic E-state index is 1.11. The fourth-order valence-corrected chi connectivity index (χ4v) is 6.10. The molecule has 0 unspecified atom stereocenters. The summed E-state index contributed by atoms with van der Waals surface area (Å²) in [4.78, 5) is 13.1. The molecule has 6 heteroatoms. The van der Waals surface area contributed by atoms with Gasteiger partial charge in [-0.3, -0.25) is 0 Å². The molecule has 0 aliphatic heterocycles. The monoisotopic (exact) mass is 660 g/mol. The average Bonchev–Trinajstić information content (AvgIpc) is 3.13. The first-order valence-corrected chi connectivity index (χ1v) is 17.0. The van der Waals surface area contributed by atoms with E-state index in [2.05, 4.69) is 231 Å². The first-order chi connectivity index (χ1) is 24.1. The minimum Gasteiger partial charge on any atom is -0.378 e. The minimum absolute atomic E-state index is 1.11. The van der Waals surface area contributed by atoms with Gasteiger partial charge in [-0.25, -0.2) is 0 Å². The Balaban J connectivity index is 1.31. The molecule has 0 aliphatic rings. The topological polar surface area (TPSA) is 19.4 Å². The van der Waals surface area contributed by atoms with Crippen molar-refractivity contribution >= 4 is 56.9 Å². The number of anilines is 10. The standard InChI is InChI=1S/C44H48N6/c1-45(2)35-17-25-41(26-18-35)49(42-27-19-36(20-28-42)46(3)4)39-13-9-33(10-14-39)34-11-15-40(16-12-34)50(43-29-21-37(22-30-43)47(5)6)44-31-23-38(24-32-44)48(7)8/h9-32H,1-8H3. The van der Waals surface area contributed by atoms with Crippen LogP contribution < -0.4 is 29.4 Å². The third-order valence-electron chi connectivity index (χ3n) is 9.08. The van der Waals surface area contributed by atoms with Crippen LogP contribution in [-0.4, -0.2) is 56.4 Å². The molecule has 0 atom stereocenters. The van der Waals surface area contributed by atoms with Crippen molar-refractivity contribution in [2.75, 3.05) is 85.8 Å². The fourth-order valence-electron chi connectivity index (χ4n) is 6.10. The van der Waals surface area contributed by atoms with Crippen LogP contribution in [0.2, 0.25) is 0 Å². The van der Waals surface area contributed by atoms with Crippen molar-refractivity contribution in [2.24, 2.45) is 0 Å². The largest absolute Gasteiger partial charge is 0.378 e. The summed E-state index contributed by atoms with van der Waals surface area (Å²) in [5.74, 6) is 0. The van der Waals surface area contributed by atoms with Crippen molar-refractivity contribution < 1.29 is 0 Å². The Morgan fingerprint density at radius 2 is 0.340 bits per heavy atom. The van der Waals surface area contributed by atoms with Gasteiger partial charge in [0.05, 0.1) is 0 Å². The van der Waals surface area contributed by atoms with E-state index in [-0.39, 0.29) is 0 Å². The van der Waals surface area contributed by atoms with Crippen molar-refractivity contribution in [3.63, 3.8) is 0 Å². The van der Waals surface area contributed by atoms with Crippen LogP contribution in [0.15, 0.2) is 146 Å². The van der Waals surface area contributed by atoms with Crippen molar-refractivity contribution in [3.05, 3.63) is 146 Å². The van der Waals surface area contributed by atoms with Gasteiger partial charge < -0.3 is 29.4 Å². The maximum absolute atomic E-state index is 2.31. The lowest BCUT2D eigenvalue weighted by Crippen LogP contribution is -2.13. The van der Waals surface area contributed by atoms with Crippen LogP contribution in [0.3, 0.4) is 0 Å². The second-order valence-corrected chi connectivity index (χ2v) is 13.4. The zero-order chi connectivity index (χ0) is 35.4. The second kappa shape index (κ2) is 14.7. The molecule has 0 saturated carbocycles. The lowest BCUT2D eigenvalue weighted by atomic mass is 10.0. The van der Waals surface area contributed by atoms with Crippen molar-refractivity contribution in [3.8, 4) is 11.1 Å². The summed E-state index contributed by atoms with van der Waals surface area (Å²) in [7, 11) is 16.6. The van der Waals surface area contributed by atoms with Gasteiger partial charge in [0.1, 0.15) is 0 Å². The van der Waals surface area contributed by atoms with Gasteiger partial charge in [0.25, 0.3) is 0 Å². The summed E-state index contributed by atoms with van der Waals surface area (Å²) in [5.41, 5.74) is 13.7. The molecule has 50 heavy (non-hydrogen) atoms. The lowest BCUT2D eigenvalue weighted by Gasteiger charge is -2.27. The summed E-state index contributed by atoms with van der Waals surface area (Å²) in [5, 5.41) is 0. The third-order valence-corrected chi connectivity index (χ3v) is 9.08. The molecule has 0 bridgehead atoms. The number of benzene rings is 6. The predicted molar refractivity (Wildman–Crippen MR) is 219 cm³/mol. The smallest absolute Gasteiger partial charge is 0.0463 e. The molecule has 0 radical (unpaired) electrons. The van der Waals surface area contributed by atoms with Crippen molar-refractivity contribution in [2.45, 2.75) is 0 Å². The molecule has 0 aromatic heterocycles. The van der Waals surface area contributed by atoms with Crippen LogP contribution in [0.1, 0.15) is 0 Å². The van der Waals surface area contributed by atoms with Crippen molar-refractivity contribution in [1.82, 2.24) is 0 Å². The van der Waals surface area contributed by atoms with E-state index in [9.17, 15) is 0 Å². The SMILES string of the molecule is CN(C)c1ccc(N(c2ccc(-c3ccc(N(c4ccc(N(C)C)cc4)c4ccc(N(C)C)cc4)cc3)cc2)c2ccc(N(C)C)cc2)cc1. The van der Waals surface area contributed by atoms with Crippen LogP contribution in [-0.2, 0) is 0 Å². The molecular formula is C44H48N6. The van der Waals surface area contributed by atoms with Crippen LogP contribution in [0.25, 0.3) is 11.1 Å². The van der Waals surface area contributed by atoms with E-state index in [1.165, 1.54) is 33.9 Å². The number of rotatable bonds is 11. The first-order valence-electron chi connectivity index (χ1n) is 17.0. The molecule has 6 nitrogen and oxygen atoms in total. The van der Waals surface area contributed by atoms with E-state index >= 15 is 0 Å². The Morgan fingerprint density at radius 1 is 0.200 bits per heavy atom.